The minimum absolute atomic E-state index is 0.594. The van der Waals surface area contributed by atoms with E-state index in [0.29, 0.717) is 18.8 Å². The first-order valence-electron chi connectivity index (χ1n) is 9.43. The summed E-state index contributed by atoms with van der Waals surface area (Å²) < 4.78 is 0. The Hall–Kier alpha value is -3.18. The number of nitrogens with one attached hydrogen (secondary N) is 2. The van der Waals surface area contributed by atoms with Gasteiger partial charge in [-0.3, -0.25) is 4.90 Å². The summed E-state index contributed by atoms with van der Waals surface area (Å²) in [6.07, 6.45) is 5.89. The summed E-state index contributed by atoms with van der Waals surface area (Å²) in [6, 6.07) is 20.5. The molecule has 148 valence electrons. The molecule has 0 spiro atoms. The molecule has 0 heterocycles. The van der Waals surface area contributed by atoms with Crippen molar-refractivity contribution in [3.63, 3.8) is 0 Å². The second kappa shape index (κ2) is 12.3. The van der Waals surface area contributed by atoms with E-state index in [1.807, 2.05) is 48.8 Å². The zero-order valence-electron chi connectivity index (χ0n) is 16.4. The molecule has 0 bridgehead atoms. The van der Waals surface area contributed by atoms with Gasteiger partial charge in [0.05, 0.1) is 0 Å². The maximum Gasteiger partial charge on any atom is 0.0401 e. The topological polar surface area (TPSA) is 79.3 Å². The molecule has 28 heavy (non-hydrogen) atoms. The van der Waals surface area contributed by atoms with Gasteiger partial charge < -0.3 is 22.1 Å². The Morgan fingerprint density at radius 1 is 0.857 bits per heavy atom. The Bertz CT molecular complexity index is 753. The third-order valence-corrected chi connectivity index (χ3v) is 4.02. The van der Waals surface area contributed by atoms with Crippen molar-refractivity contribution in [1.82, 2.24) is 15.5 Å². The van der Waals surface area contributed by atoms with Gasteiger partial charge in [-0.25, -0.2) is 0 Å². The van der Waals surface area contributed by atoms with Gasteiger partial charge in [-0.05, 0) is 17.3 Å². The van der Waals surface area contributed by atoms with Crippen molar-refractivity contribution in [3.8, 4) is 0 Å². The van der Waals surface area contributed by atoms with E-state index in [-0.39, 0.29) is 0 Å². The second-order valence-corrected chi connectivity index (χ2v) is 6.68. The lowest BCUT2D eigenvalue weighted by Gasteiger charge is -2.21. The zero-order valence-corrected chi connectivity index (χ0v) is 16.4. The van der Waals surface area contributed by atoms with Gasteiger partial charge in [0.2, 0.25) is 0 Å². The predicted octanol–water partition coefficient (Wildman–Crippen LogP) is 2.65. The molecule has 2 aromatic carbocycles. The second-order valence-electron chi connectivity index (χ2n) is 6.68. The number of rotatable bonds is 12. The fourth-order valence-corrected chi connectivity index (χ4v) is 2.73. The highest BCUT2D eigenvalue weighted by Crippen LogP contribution is 2.00. The maximum absolute atomic E-state index is 6.17. The molecule has 0 atom stereocenters. The average molecular weight is 378 g/mol. The first kappa shape index (κ1) is 21.1. The van der Waals surface area contributed by atoms with Crippen LogP contribution in [0.1, 0.15) is 11.1 Å². The van der Waals surface area contributed by atoms with Crippen molar-refractivity contribution < 1.29 is 0 Å². The van der Waals surface area contributed by atoms with Crippen molar-refractivity contribution in [2.24, 2.45) is 11.5 Å². The van der Waals surface area contributed by atoms with E-state index in [4.69, 9.17) is 11.5 Å². The highest BCUT2D eigenvalue weighted by atomic mass is 15.1. The highest BCUT2D eigenvalue weighted by Gasteiger charge is 2.05. The molecular formula is C23H31N5. The maximum atomic E-state index is 6.17. The van der Waals surface area contributed by atoms with Gasteiger partial charge in [-0.1, -0.05) is 73.3 Å². The lowest BCUT2D eigenvalue weighted by Crippen LogP contribution is -2.32. The molecule has 0 aliphatic heterocycles. The molecule has 0 aliphatic rings. The lowest BCUT2D eigenvalue weighted by atomic mass is 10.2. The van der Waals surface area contributed by atoms with Crippen LogP contribution in [-0.4, -0.2) is 24.5 Å². The summed E-state index contributed by atoms with van der Waals surface area (Å²) >= 11 is 0. The van der Waals surface area contributed by atoms with Gasteiger partial charge >= 0.3 is 0 Å². The molecule has 0 aromatic heterocycles. The quantitative estimate of drug-likeness (QED) is 0.457. The van der Waals surface area contributed by atoms with Gasteiger partial charge in [-0.2, -0.15) is 0 Å². The Balaban J connectivity index is 1.76. The molecule has 0 aliphatic carbocycles. The highest BCUT2D eigenvalue weighted by molar-refractivity contribution is 5.15. The van der Waals surface area contributed by atoms with Crippen LogP contribution < -0.4 is 22.1 Å². The standard InChI is InChI=1S/C23H31N5/c1-20(24)18-28(14-8-13-26-15-21-9-4-2-5-10-21)19-23(25)17-27-16-22-11-6-3-7-12-22/h2-13,17,26-27H,1,14-16,18-19,24-25H2/b13-8+,23-17-. The number of nitrogens with zero attached hydrogens (tertiary/aromatic N) is 1. The summed E-state index contributed by atoms with van der Waals surface area (Å²) in [5, 5.41) is 6.55. The van der Waals surface area contributed by atoms with Crippen molar-refractivity contribution >= 4 is 0 Å². The molecule has 2 aromatic rings. The van der Waals surface area contributed by atoms with Crippen LogP contribution in [0.3, 0.4) is 0 Å². The molecule has 0 fully saturated rings. The number of benzene rings is 2. The van der Waals surface area contributed by atoms with E-state index in [1.54, 1.807) is 0 Å². The number of hydrogen-bond donors (Lipinski definition) is 4. The Morgan fingerprint density at radius 3 is 2.00 bits per heavy atom. The fraction of sp³-hybridized carbons (Fsp3) is 0.217. The SMILES string of the molecule is C=C(N)CN(C/C=C/NCc1ccccc1)C/C(N)=C/NCc1ccccc1. The molecule has 0 amide bonds. The summed E-state index contributed by atoms with van der Waals surface area (Å²) in [5.41, 5.74) is 15.8. The molecule has 5 nitrogen and oxygen atoms in total. The van der Waals surface area contributed by atoms with Crippen molar-refractivity contribution in [2.45, 2.75) is 13.1 Å². The normalized spacial score (nSPS) is 11.7. The molecule has 0 radical (unpaired) electrons. The van der Waals surface area contributed by atoms with E-state index in [0.717, 1.165) is 25.3 Å². The molecule has 6 N–H and O–H groups in total. The molecule has 0 saturated carbocycles. The Labute approximate surface area is 168 Å². The van der Waals surface area contributed by atoms with Gasteiger partial charge in [-0.15, -0.1) is 0 Å². The first-order valence-corrected chi connectivity index (χ1v) is 9.43. The van der Waals surface area contributed by atoms with Gasteiger partial charge in [0.1, 0.15) is 0 Å². The summed E-state index contributed by atoms with van der Waals surface area (Å²) in [5.74, 6) is 0. The third-order valence-electron chi connectivity index (χ3n) is 4.02. The van der Waals surface area contributed by atoms with Crippen LogP contribution in [0, 0.1) is 0 Å². The largest absolute Gasteiger partial charge is 0.401 e. The van der Waals surface area contributed by atoms with Crippen LogP contribution in [0.15, 0.2) is 97.1 Å². The van der Waals surface area contributed by atoms with Crippen LogP contribution in [0.25, 0.3) is 0 Å². The molecule has 5 heteroatoms. The molecule has 2 rings (SSSR count). The molecular weight excluding hydrogens is 346 g/mol. The number of nitrogens with two attached hydrogens (primary N) is 2. The number of hydrogen-bond acceptors (Lipinski definition) is 5. The summed E-state index contributed by atoms with van der Waals surface area (Å²) in [4.78, 5) is 2.14. The third kappa shape index (κ3) is 8.96. The fourth-order valence-electron chi connectivity index (χ4n) is 2.73. The predicted molar refractivity (Wildman–Crippen MR) is 118 cm³/mol. The van der Waals surface area contributed by atoms with Gasteiger partial charge in [0, 0.05) is 50.3 Å². The van der Waals surface area contributed by atoms with Crippen LogP contribution in [0.2, 0.25) is 0 Å². The van der Waals surface area contributed by atoms with Gasteiger partial charge in [0.15, 0.2) is 0 Å². The monoisotopic (exact) mass is 377 g/mol. The molecule has 0 unspecified atom stereocenters. The first-order chi connectivity index (χ1) is 13.6. The van der Waals surface area contributed by atoms with E-state index < -0.39 is 0 Å². The van der Waals surface area contributed by atoms with Gasteiger partial charge in [0.25, 0.3) is 0 Å². The Kier molecular flexibility index (Phi) is 9.24. The van der Waals surface area contributed by atoms with Crippen LogP contribution in [0.5, 0.6) is 0 Å². The smallest absolute Gasteiger partial charge is 0.0401 e. The van der Waals surface area contributed by atoms with Crippen molar-refractivity contribution in [2.75, 3.05) is 19.6 Å². The molecule has 0 saturated heterocycles. The minimum atomic E-state index is 0.594. The van der Waals surface area contributed by atoms with Crippen LogP contribution in [-0.2, 0) is 13.1 Å². The van der Waals surface area contributed by atoms with E-state index in [9.17, 15) is 0 Å². The summed E-state index contributed by atoms with van der Waals surface area (Å²) in [7, 11) is 0. The average Bonchev–Trinajstić information content (AvgIpc) is 2.69. The van der Waals surface area contributed by atoms with Crippen molar-refractivity contribution in [3.05, 3.63) is 108 Å². The zero-order chi connectivity index (χ0) is 20.0. The van der Waals surface area contributed by atoms with Crippen molar-refractivity contribution in [1.29, 1.82) is 0 Å². The Morgan fingerprint density at radius 2 is 1.43 bits per heavy atom. The van der Waals surface area contributed by atoms with E-state index >= 15 is 0 Å². The summed E-state index contributed by atoms with van der Waals surface area (Å²) in [6.45, 7) is 7.28. The lowest BCUT2D eigenvalue weighted by molar-refractivity contribution is 0.352. The van der Waals surface area contributed by atoms with E-state index in [2.05, 4.69) is 52.5 Å². The van der Waals surface area contributed by atoms with E-state index in [1.165, 1.54) is 11.1 Å². The van der Waals surface area contributed by atoms with Crippen LogP contribution in [0.4, 0.5) is 0 Å². The minimum Gasteiger partial charge on any atom is -0.401 e. The van der Waals surface area contributed by atoms with Crippen LogP contribution >= 0.6 is 0 Å².